The second-order valence-electron chi connectivity index (χ2n) is 3.95. The van der Waals surface area contributed by atoms with Crippen molar-refractivity contribution in [2.24, 2.45) is 0 Å². The molecule has 0 aromatic heterocycles. The van der Waals surface area contributed by atoms with E-state index in [4.69, 9.17) is 18.9 Å². The minimum atomic E-state index is -1.86. The van der Waals surface area contributed by atoms with Crippen LogP contribution in [0.3, 0.4) is 0 Å². The Labute approximate surface area is 117 Å². The topological polar surface area (TPSA) is 71.1 Å². The molecule has 20 heavy (non-hydrogen) atoms. The fourth-order valence-electron chi connectivity index (χ4n) is 1.79. The highest BCUT2D eigenvalue weighted by molar-refractivity contribution is 6.02. The Kier molecular flexibility index (Phi) is 5.82. The fourth-order valence-corrected chi connectivity index (χ4v) is 1.79. The summed E-state index contributed by atoms with van der Waals surface area (Å²) in [7, 11) is 3.85. The lowest BCUT2D eigenvalue weighted by Crippen LogP contribution is -2.55. The molecular formula is C14H18O6. The number of carbonyl (C=O) groups excluding carboxylic acids is 2. The first-order valence-corrected chi connectivity index (χ1v) is 5.92. The van der Waals surface area contributed by atoms with Gasteiger partial charge in [0.15, 0.2) is 0 Å². The van der Waals surface area contributed by atoms with Crippen LogP contribution in [0.4, 0.5) is 0 Å². The van der Waals surface area contributed by atoms with Gasteiger partial charge in [0, 0.05) is 33.8 Å². The molecule has 6 heteroatoms. The maximum Gasteiger partial charge on any atom is 0.305 e. The van der Waals surface area contributed by atoms with E-state index in [1.54, 1.807) is 30.3 Å². The molecule has 1 unspecified atom stereocenters. The first-order valence-electron chi connectivity index (χ1n) is 5.92. The van der Waals surface area contributed by atoms with Crippen LogP contribution in [0.15, 0.2) is 30.3 Å². The summed E-state index contributed by atoms with van der Waals surface area (Å²) in [5, 5.41) is 0. The molecule has 0 radical (unpaired) electrons. The maximum atomic E-state index is 12.6. The van der Waals surface area contributed by atoms with Crippen LogP contribution in [0.25, 0.3) is 0 Å². The van der Waals surface area contributed by atoms with Crippen molar-refractivity contribution in [3.63, 3.8) is 0 Å². The smallest absolute Gasteiger partial charge is 0.305 e. The molecule has 0 spiro atoms. The summed E-state index contributed by atoms with van der Waals surface area (Å²) in [6.07, 6.45) is -1.32. The summed E-state index contributed by atoms with van der Waals surface area (Å²) in [6, 6.07) is 8.40. The number of carbonyl (C=O) groups is 2. The van der Waals surface area contributed by atoms with Crippen LogP contribution in [0, 0.1) is 0 Å². The van der Waals surface area contributed by atoms with Crippen molar-refractivity contribution in [1.82, 2.24) is 0 Å². The summed E-state index contributed by atoms with van der Waals surface area (Å²) in [6.45, 7) is 1.20. The molecule has 1 aromatic rings. The Morgan fingerprint density at radius 1 is 1.05 bits per heavy atom. The number of ether oxygens (including phenoxy) is 4. The van der Waals surface area contributed by atoms with E-state index in [1.165, 1.54) is 28.3 Å². The highest BCUT2D eigenvalue weighted by atomic mass is 16.8. The fraction of sp³-hybridized carbons (Fsp3) is 0.429. The molecule has 0 aliphatic heterocycles. The third-order valence-corrected chi connectivity index (χ3v) is 2.76. The van der Waals surface area contributed by atoms with Gasteiger partial charge in [0.1, 0.15) is 0 Å². The standard InChI is InChI=1S/C14H18O6/c1-10(15)20-13(17-2)14(18-3,19-4)12(16)11-8-6-5-7-9-11/h5-9,13H,1-4H3. The SMILES string of the molecule is COC(OC(C)=O)C(OC)(OC)C(=O)c1ccccc1. The molecule has 0 amide bonds. The average Bonchev–Trinajstić information content (AvgIpc) is 2.48. The van der Waals surface area contributed by atoms with Crippen molar-refractivity contribution in [3.05, 3.63) is 35.9 Å². The minimum absolute atomic E-state index is 0.352. The Morgan fingerprint density at radius 3 is 2.00 bits per heavy atom. The lowest BCUT2D eigenvalue weighted by Gasteiger charge is -2.34. The normalized spacial score (nSPS) is 12.8. The van der Waals surface area contributed by atoms with E-state index >= 15 is 0 Å². The lowest BCUT2D eigenvalue weighted by molar-refractivity contribution is -0.294. The van der Waals surface area contributed by atoms with Crippen LogP contribution in [0.5, 0.6) is 0 Å². The molecule has 0 heterocycles. The quantitative estimate of drug-likeness (QED) is 0.427. The minimum Gasteiger partial charge on any atom is -0.429 e. The summed E-state index contributed by atoms with van der Waals surface area (Å²) >= 11 is 0. The van der Waals surface area contributed by atoms with Crippen LogP contribution >= 0.6 is 0 Å². The van der Waals surface area contributed by atoms with Crippen LogP contribution in [-0.2, 0) is 23.7 Å². The molecule has 0 aliphatic rings. The Bertz CT molecular complexity index is 452. The van der Waals surface area contributed by atoms with E-state index < -0.39 is 23.8 Å². The predicted octanol–water partition coefficient (Wildman–Crippen LogP) is 1.39. The van der Waals surface area contributed by atoms with Gasteiger partial charge in [-0.3, -0.25) is 9.59 Å². The van der Waals surface area contributed by atoms with Gasteiger partial charge in [-0.1, -0.05) is 30.3 Å². The Balaban J connectivity index is 3.19. The van der Waals surface area contributed by atoms with Crippen LogP contribution < -0.4 is 0 Å². The number of hydrogen-bond donors (Lipinski definition) is 0. The molecule has 1 aromatic carbocycles. The van der Waals surface area contributed by atoms with Crippen LogP contribution in [0.1, 0.15) is 17.3 Å². The van der Waals surface area contributed by atoms with Gasteiger partial charge < -0.3 is 18.9 Å². The van der Waals surface area contributed by atoms with Gasteiger partial charge in [0.2, 0.25) is 5.78 Å². The molecule has 1 atom stereocenters. The highest BCUT2D eigenvalue weighted by Gasteiger charge is 2.50. The van der Waals surface area contributed by atoms with Crippen LogP contribution in [0.2, 0.25) is 0 Å². The second-order valence-corrected chi connectivity index (χ2v) is 3.95. The molecular weight excluding hydrogens is 264 g/mol. The number of Topliss-reactive ketones (excluding diaryl/α,β-unsaturated/α-hetero) is 1. The number of esters is 1. The number of benzene rings is 1. The number of methoxy groups -OCH3 is 3. The molecule has 0 N–H and O–H groups in total. The van der Waals surface area contributed by atoms with E-state index in [-0.39, 0.29) is 0 Å². The van der Waals surface area contributed by atoms with Crippen molar-refractivity contribution in [2.45, 2.75) is 19.0 Å². The zero-order valence-electron chi connectivity index (χ0n) is 11.9. The summed E-state index contributed by atoms with van der Waals surface area (Å²) in [4.78, 5) is 23.7. The number of ketones is 1. The van der Waals surface area contributed by atoms with Gasteiger partial charge in [0.05, 0.1) is 0 Å². The molecule has 0 fully saturated rings. The first-order chi connectivity index (χ1) is 9.51. The van der Waals surface area contributed by atoms with Crippen molar-refractivity contribution in [3.8, 4) is 0 Å². The summed E-state index contributed by atoms with van der Waals surface area (Å²) in [5.74, 6) is -2.98. The Hall–Kier alpha value is -1.76. The first kappa shape index (κ1) is 16.3. The molecule has 0 aliphatic carbocycles. The van der Waals surface area contributed by atoms with Crippen molar-refractivity contribution >= 4 is 11.8 Å². The lowest BCUT2D eigenvalue weighted by atomic mass is 10.0. The van der Waals surface area contributed by atoms with Crippen molar-refractivity contribution in [2.75, 3.05) is 21.3 Å². The number of rotatable bonds is 7. The molecule has 0 saturated heterocycles. The van der Waals surface area contributed by atoms with Gasteiger partial charge in [-0.15, -0.1) is 0 Å². The van der Waals surface area contributed by atoms with E-state index in [9.17, 15) is 9.59 Å². The van der Waals surface area contributed by atoms with Crippen LogP contribution in [-0.4, -0.2) is 45.2 Å². The zero-order chi connectivity index (χ0) is 15.2. The van der Waals surface area contributed by atoms with Gasteiger partial charge in [-0.05, 0) is 0 Å². The Morgan fingerprint density at radius 2 is 1.60 bits per heavy atom. The van der Waals surface area contributed by atoms with Gasteiger partial charge in [-0.2, -0.15) is 0 Å². The van der Waals surface area contributed by atoms with E-state index in [2.05, 4.69) is 0 Å². The van der Waals surface area contributed by atoms with Gasteiger partial charge in [-0.25, -0.2) is 0 Å². The monoisotopic (exact) mass is 282 g/mol. The summed E-state index contributed by atoms with van der Waals surface area (Å²) < 4.78 is 20.4. The zero-order valence-corrected chi connectivity index (χ0v) is 11.9. The third-order valence-electron chi connectivity index (χ3n) is 2.76. The predicted molar refractivity (Wildman–Crippen MR) is 70.1 cm³/mol. The molecule has 0 saturated carbocycles. The van der Waals surface area contributed by atoms with E-state index in [1.807, 2.05) is 0 Å². The molecule has 110 valence electrons. The van der Waals surface area contributed by atoms with E-state index in [0.29, 0.717) is 5.56 Å². The highest BCUT2D eigenvalue weighted by Crippen LogP contribution is 2.25. The second kappa shape index (κ2) is 7.14. The van der Waals surface area contributed by atoms with Crippen molar-refractivity contribution < 1.29 is 28.5 Å². The largest absolute Gasteiger partial charge is 0.429 e. The third kappa shape index (κ3) is 3.22. The van der Waals surface area contributed by atoms with Gasteiger partial charge >= 0.3 is 5.97 Å². The number of hydrogen-bond acceptors (Lipinski definition) is 6. The summed E-state index contributed by atoms with van der Waals surface area (Å²) in [5.41, 5.74) is 0.352. The van der Waals surface area contributed by atoms with Crippen molar-refractivity contribution in [1.29, 1.82) is 0 Å². The van der Waals surface area contributed by atoms with E-state index in [0.717, 1.165) is 0 Å². The maximum absolute atomic E-state index is 12.6. The molecule has 0 bridgehead atoms. The molecule has 1 rings (SSSR count). The average molecular weight is 282 g/mol. The van der Waals surface area contributed by atoms with Gasteiger partial charge in [0.25, 0.3) is 12.1 Å². The molecule has 6 nitrogen and oxygen atoms in total.